The maximum absolute atomic E-state index is 13.9. The summed E-state index contributed by atoms with van der Waals surface area (Å²) in [6.07, 6.45) is -6.50. The predicted molar refractivity (Wildman–Crippen MR) is 126 cm³/mol. The highest BCUT2D eigenvalue weighted by Gasteiger charge is 2.56. The minimum Gasteiger partial charge on any atom is -0.383 e. The number of halogens is 7. The fraction of sp³-hybridized carbons (Fsp3) is 0.292. The molecule has 5 rings (SSSR count). The van der Waals surface area contributed by atoms with E-state index >= 15 is 0 Å². The Hall–Kier alpha value is -3.54. The van der Waals surface area contributed by atoms with Crippen LogP contribution in [0.2, 0.25) is 5.02 Å². The number of nitrogens with zero attached hydrogens (tertiary/aromatic N) is 4. The highest BCUT2D eigenvalue weighted by molar-refractivity contribution is 6.30. The second-order valence-corrected chi connectivity index (χ2v) is 9.47. The third kappa shape index (κ3) is 4.22. The Labute approximate surface area is 211 Å². The van der Waals surface area contributed by atoms with Gasteiger partial charge in [-0.15, -0.1) is 0 Å². The highest BCUT2D eigenvalue weighted by atomic mass is 35.5. The van der Waals surface area contributed by atoms with Crippen molar-refractivity contribution in [3.8, 4) is 11.5 Å². The molecule has 194 valence electrons. The van der Waals surface area contributed by atoms with Gasteiger partial charge >= 0.3 is 12.1 Å². The third-order valence-electron chi connectivity index (χ3n) is 6.52. The number of nitrogen functional groups attached to an aromatic ring is 1. The lowest BCUT2D eigenvalue weighted by atomic mass is 9.78. The summed E-state index contributed by atoms with van der Waals surface area (Å²) in [6.45, 7) is 2.22. The monoisotopic (exact) mass is 540 g/mol. The maximum atomic E-state index is 13.9. The molecule has 0 spiro atoms. The number of hydrogen-bond donors (Lipinski definition) is 2. The van der Waals surface area contributed by atoms with Gasteiger partial charge in [-0.25, -0.2) is 19.3 Å². The van der Waals surface area contributed by atoms with E-state index < -0.39 is 36.2 Å². The van der Waals surface area contributed by atoms with Crippen LogP contribution in [0.4, 0.5) is 38.0 Å². The Morgan fingerprint density at radius 1 is 1.11 bits per heavy atom. The minimum absolute atomic E-state index is 0.0425. The average molecular weight is 541 g/mol. The Morgan fingerprint density at radius 2 is 1.86 bits per heavy atom. The van der Waals surface area contributed by atoms with Gasteiger partial charge in [0.1, 0.15) is 29.0 Å². The number of fused-ring (bicyclic) bond motifs is 2. The zero-order chi connectivity index (χ0) is 26.8. The lowest BCUT2D eigenvalue weighted by molar-refractivity contribution is -0.284. The summed E-state index contributed by atoms with van der Waals surface area (Å²) in [5, 5.41) is 3.38. The number of hydrogen-bond acceptors (Lipinski definition) is 5. The molecule has 1 aromatic carbocycles. The van der Waals surface area contributed by atoms with Crippen molar-refractivity contribution in [2.45, 2.75) is 37.3 Å². The summed E-state index contributed by atoms with van der Waals surface area (Å²) in [5.74, 6) is -4.85. The van der Waals surface area contributed by atoms with E-state index in [4.69, 9.17) is 17.3 Å². The van der Waals surface area contributed by atoms with E-state index in [0.717, 1.165) is 0 Å². The lowest BCUT2D eigenvalue weighted by Crippen LogP contribution is -2.36. The number of rotatable bonds is 5. The van der Waals surface area contributed by atoms with Gasteiger partial charge in [-0.3, -0.25) is 0 Å². The molecule has 1 unspecified atom stereocenters. The topological polar surface area (TPSA) is 81.1 Å². The van der Waals surface area contributed by atoms with E-state index in [1.54, 1.807) is 12.1 Å². The Bertz CT molecular complexity index is 1520. The van der Waals surface area contributed by atoms with Gasteiger partial charge in [0.25, 0.3) is 0 Å². The summed E-state index contributed by atoms with van der Waals surface area (Å²) >= 11 is 6.05. The largest absolute Gasteiger partial charge is 0.453 e. The molecule has 3 aromatic heterocycles. The first kappa shape index (κ1) is 25.1. The van der Waals surface area contributed by atoms with Crippen LogP contribution in [0.5, 0.6) is 0 Å². The molecule has 0 aliphatic carbocycles. The van der Waals surface area contributed by atoms with Crippen molar-refractivity contribution < 1.29 is 26.3 Å². The van der Waals surface area contributed by atoms with Crippen molar-refractivity contribution in [2.24, 2.45) is 0 Å². The normalized spacial score (nSPS) is 17.7. The number of benzene rings is 1. The summed E-state index contributed by atoms with van der Waals surface area (Å²) in [7, 11) is 0. The number of pyridine rings is 1. The molecule has 1 aliphatic heterocycles. The Morgan fingerprint density at radius 3 is 2.57 bits per heavy atom. The molecule has 4 heterocycles. The van der Waals surface area contributed by atoms with Crippen molar-refractivity contribution in [1.29, 1.82) is 0 Å². The molecular weight excluding hydrogens is 522 g/mol. The van der Waals surface area contributed by atoms with Crippen molar-refractivity contribution in [2.75, 3.05) is 17.6 Å². The van der Waals surface area contributed by atoms with Crippen molar-refractivity contribution in [3.63, 3.8) is 0 Å². The predicted octanol–water partition coefficient (Wildman–Crippen LogP) is 6.03. The van der Waals surface area contributed by atoms with Crippen LogP contribution in [-0.2, 0) is 11.8 Å². The minimum atomic E-state index is -5.68. The standard InChI is InChI=1S/C24H19ClF6N6/c1-22(12-3-2-4-14(26)9-12)11-33-20-17(22)19(32)35-21(36-20)18-15-6-5-13(25)10-37(15)16(34-18)7-8-23(27,28)24(29,30)31/h2-6,9-10H,7-8,11H2,1H3,(H3,32,33,35,36). The van der Waals surface area contributed by atoms with E-state index in [0.29, 0.717) is 29.0 Å². The van der Waals surface area contributed by atoms with Crippen LogP contribution in [0.15, 0.2) is 42.6 Å². The number of nitrogens with two attached hydrogens (primary N) is 1. The van der Waals surface area contributed by atoms with Crippen molar-refractivity contribution >= 4 is 28.8 Å². The van der Waals surface area contributed by atoms with E-state index in [2.05, 4.69) is 20.3 Å². The first-order valence-corrected chi connectivity index (χ1v) is 11.5. The van der Waals surface area contributed by atoms with Crippen LogP contribution in [-0.4, -0.2) is 38.0 Å². The maximum Gasteiger partial charge on any atom is 0.453 e. The molecule has 1 aliphatic rings. The Balaban J connectivity index is 1.58. The third-order valence-corrected chi connectivity index (χ3v) is 6.75. The van der Waals surface area contributed by atoms with Crippen LogP contribution in [0.25, 0.3) is 17.0 Å². The second-order valence-electron chi connectivity index (χ2n) is 9.03. The fourth-order valence-electron chi connectivity index (χ4n) is 4.56. The van der Waals surface area contributed by atoms with Crippen LogP contribution in [0.3, 0.4) is 0 Å². The number of alkyl halides is 5. The zero-order valence-electron chi connectivity index (χ0n) is 19.2. The van der Waals surface area contributed by atoms with Crippen LogP contribution >= 0.6 is 11.6 Å². The molecule has 0 saturated carbocycles. The number of aromatic nitrogens is 4. The summed E-state index contributed by atoms with van der Waals surface area (Å²) < 4.78 is 80.6. The molecule has 0 radical (unpaired) electrons. The van der Waals surface area contributed by atoms with Gasteiger partial charge in [0.15, 0.2) is 5.82 Å². The van der Waals surface area contributed by atoms with Crippen LogP contribution < -0.4 is 11.1 Å². The molecule has 37 heavy (non-hydrogen) atoms. The van der Waals surface area contributed by atoms with E-state index in [1.807, 2.05) is 6.92 Å². The summed E-state index contributed by atoms with van der Waals surface area (Å²) in [5.41, 5.74) is 7.30. The highest BCUT2D eigenvalue weighted by Crippen LogP contribution is 2.44. The molecule has 0 fully saturated rings. The SMILES string of the molecule is CC1(c2cccc(F)c2)CNc2nc(-c3nc(CCC(F)(F)C(F)(F)F)n4cc(Cl)ccc34)nc(N)c21. The van der Waals surface area contributed by atoms with Gasteiger partial charge in [-0.1, -0.05) is 23.7 Å². The number of imidazole rings is 1. The quantitative estimate of drug-likeness (QED) is 0.302. The van der Waals surface area contributed by atoms with Crippen LogP contribution in [0.1, 0.15) is 30.3 Å². The van der Waals surface area contributed by atoms with Crippen molar-refractivity contribution in [3.05, 3.63) is 70.4 Å². The smallest absolute Gasteiger partial charge is 0.383 e. The second kappa shape index (κ2) is 8.51. The molecule has 0 saturated heterocycles. The number of nitrogens with one attached hydrogen (secondary N) is 1. The number of aryl methyl sites for hydroxylation is 1. The zero-order valence-corrected chi connectivity index (χ0v) is 19.9. The molecule has 6 nitrogen and oxygen atoms in total. The van der Waals surface area contributed by atoms with Gasteiger partial charge in [-0.05, 0) is 36.8 Å². The molecule has 13 heteroatoms. The molecule has 3 N–H and O–H groups in total. The molecule has 4 aromatic rings. The summed E-state index contributed by atoms with van der Waals surface area (Å²) in [4.78, 5) is 13.2. The van der Waals surface area contributed by atoms with Gasteiger partial charge in [-0.2, -0.15) is 22.0 Å². The molecule has 0 bridgehead atoms. The molecule has 0 amide bonds. The summed E-state index contributed by atoms with van der Waals surface area (Å²) in [6, 6.07) is 9.14. The molecule has 1 atom stereocenters. The van der Waals surface area contributed by atoms with Gasteiger partial charge in [0.2, 0.25) is 0 Å². The van der Waals surface area contributed by atoms with E-state index in [1.165, 1.54) is 34.9 Å². The first-order chi connectivity index (χ1) is 17.3. The first-order valence-electron chi connectivity index (χ1n) is 11.1. The Kier molecular flexibility index (Phi) is 5.78. The van der Waals surface area contributed by atoms with E-state index in [9.17, 15) is 26.3 Å². The number of anilines is 2. The average Bonchev–Trinajstić information content (AvgIpc) is 3.35. The van der Waals surface area contributed by atoms with Crippen LogP contribution in [0, 0.1) is 5.82 Å². The van der Waals surface area contributed by atoms with Crippen molar-refractivity contribution in [1.82, 2.24) is 19.4 Å². The van der Waals surface area contributed by atoms with E-state index in [-0.39, 0.29) is 28.2 Å². The van der Waals surface area contributed by atoms with Gasteiger partial charge < -0.3 is 15.5 Å². The lowest BCUT2D eigenvalue weighted by Gasteiger charge is -2.25. The fourth-order valence-corrected chi connectivity index (χ4v) is 4.72. The van der Waals surface area contributed by atoms with Gasteiger partial charge in [0, 0.05) is 36.6 Å². The molecular formula is C24H19ClF6N6. The van der Waals surface area contributed by atoms with Gasteiger partial charge in [0.05, 0.1) is 10.5 Å².